The SMILES string of the molecule is CC1=N[C@@H]2CCCC[C@H]2N=C(C)C(=Cc2ccccc2O)C(C)=N[C@@H]2CCCC[C@H]2N=C(C)C1=Cc1ccccc1O. The summed E-state index contributed by atoms with van der Waals surface area (Å²) in [6, 6.07) is 15.1. The van der Waals surface area contributed by atoms with Crippen molar-refractivity contribution in [3.63, 3.8) is 0 Å². The zero-order valence-corrected chi connectivity index (χ0v) is 25.4. The predicted octanol–water partition coefficient (Wildman–Crippen LogP) is 8.04. The third kappa shape index (κ3) is 6.97. The van der Waals surface area contributed by atoms with Crippen LogP contribution in [0.4, 0.5) is 0 Å². The van der Waals surface area contributed by atoms with Gasteiger partial charge in [0.05, 0.1) is 24.2 Å². The van der Waals surface area contributed by atoms with Gasteiger partial charge in [-0.25, -0.2) is 0 Å². The molecule has 0 bridgehead atoms. The lowest BCUT2D eigenvalue weighted by molar-refractivity contribution is 0.387. The van der Waals surface area contributed by atoms with E-state index >= 15 is 0 Å². The quantitative estimate of drug-likeness (QED) is 0.386. The standard InChI is InChI=1S/C36H44N4O2/c1-23-29(21-27-13-5-11-19-35(27)41)24(2)38-33-17-9-10-18-34(33)40-26(4)30(22-28-14-6-12-20-36(28)42)25(3)39-32-16-8-7-15-31(32)37-23/h5-6,11-14,19-22,31-34,41-42H,7-10,15-18H2,1-4H3/t31-,32-,33-,34-/m1/s1. The normalized spacial score (nSPS) is 25.5. The molecule has 3 aliphatic rings. The molecule has 0 spiro atoms. The summed E-state index contributed by atoms with van der Waals surface area (Å²) in [5, 5.41) is 21.2. The minimum absolute atomic E-state index is 0.0586. The molecular weight excluding hydrogens is 520 g/mol. The molecule has 5 rings (SSSR count). The van der Waals surface area contributed by atoms with Crippen LogP contribution in [0, 0.1) is 0 Å². The zero-order chi connectivity index (χ0) is 29.6. The minimum atomic E-state index is 0.0586. The molecular formula is C36H44N4O2. The third-order valence-electron chi connectivity index (χ3n) is 8.86. The molecule has 2 aliphatic carbocycles. The highest BCUT2D eigenvalue weighted by Crippen LogP contribution is 2.30. The van der Waals surface area contributed by atoms with Gasteiger partial charge in [0.2, 0.25) is 0 Å². The van der Waals surface area contributed by atoms with Gasteiger partial charge in [-0.1, -0.05) is 62.1 Å². The van der Waals surface area contributed by atoms with Gasteiger partial charge in [-0.2, -0.15) is 0 Å². The molecule has 6 heteroatoms. The van der Waals surface area contributed by atoms with Gasteiger partial charge in [0.15, 0.2) is 0 Å². The molecule has 0 amide bonds. The molecule has 220 valence electrons. The number of nitrogens with zero attached hydrogens (tertiary/aromatic N) is 4. The third-order valence-corrected chi connectivity index (χ3v) is 8.86. The Morgan fingerprint density at radius 3 is 1.07 bits per heavy atom. The highest BCUT2D eigenvalue weighted by Gasteiger charge is 2.28. The van der Waals surface area contributed by atoms with Gasteiger partial charge < -0.3 is 10.2 Å². The van der Waals surface area contributed by atoms with Gasteiger partial charge >= 0.3 is 0 Å². The number of phenols is 2. The van der Waals surface area contributed by atoms with Crippen LogP contribution in [-0.2, 0) is 0 Å². The first-order valence-corrected chi connectivity index (χ1v) is 15.5. The average molecular weight is 565 g/mol. The van der Waals surface area contributed by atoms with Crippen LogP contribution in [-0.4, -0.2) is 57.2 Å². The second-order valence-corrected chi connectivity index (χ2v) is 11.9. The maximum absolute atomic E-state index is 10.6. The van der Waals surface area contributed by atoms with Crippen molar-refractivity contribution in [3.05, 3.63) is 70.8 Å². The van der Waals surface area contributed by atoms with Crippen molar-refractivity contribution < 1.29 is 10.2 Å². The molecule has 0 unspecified atom stereocenters. The lowest BCUT2D eigenvalue weighted by Gasteiger charge is -2.30. The summed E-state index contributed by atoms with van der Waals surface area (Å²) in [4.78, 5) is 21.3. The van der Waals surface area contributed by atoms with E-state index in [-0.39, 0.29) is 35.7 Å². The number of fused-ring (bicyclic) bond motifs is 2. The van der Waals surface area contributed by atoms with Crippen LogP contribution >= 0.6 is 0 Å². The van der Waals surface area contributed by atoms with E-state index in [1.807, 2.05) is 48.6 Å². The van der Waals surface area contributed by atoms with Crippen LogP contribution in [0.15, 0.2) is 79.6 Å². The molecule has 1 heterocycles. The van der Waals surface area contributed by atoms with E-state index < -0.39 is 0 Å². The van der Waals surface area contributed by atoms with E-state index in [4.69, 9.17) is 20.0 Å². The van der Waals surface area contributed by atoms with E-state index in [9.17, 15) is 10.2 Å². The summed E-state index contributed by atoms with van der Waals surface area (Å²) >= 11 is 0. The van der Waals surface area contributed by atoms with Crippen LogP contribution in [0.1, 0.15) is 90.2 Å². The zero-order valence-electron chi connectivity index (χ0n) is 25.4. The minimum Gasteiger partial charge on any atom is -0.507 e. The van der Waals surface area contributed by atoms with Crippen molar-refractivity contribution in [3.8, 4) is 11.5 Å². The molecule has 4 atom stereocenters. The van der Waals surface area contributed by atoms with Gasteiger partial charge in [0.1, 0.15) is 11.5 Å². The van der Waals surface area contributed by atoms with Crippen molar-refractivity contribution in [2.24, 2.45) is 20.0 Å². The summed E-state index contributed by atoms with van der Waals surface area (Å²) in [5.41, 5.74) is 7.17. The number of rotatable bonds is 2. The van der Waals surface area contributed by atoms with Gasteiger partial charge in [-0.3, -0.25) is 20.0 Å². The maximum atomic E-state index is 10.6. The first-order valence-electron chi connectivity index (χ1n) is 15.5. The molecule has 0 aromatic heterocycles. The van der Waals surface area contributed by atoms with E-state index in [0.29, 0.717) is 0 Å². The molecule has 2 saturated carbocycles. The molecule has 42 heavy (non-hydrogen) atoms. The first-order chi connectivity index (χ1) is 20.3. The van der Waals surface area contributed by atoms with E-state index in [2.05, 4.69) is 27.7 Å². The fraction of sp³-hybridized carbons (Fsp3) is 0.444. The summed E-state index contributed by atoms with van der Waals surface area (Å²) in [6.07, 6.45) is 12.5. The maximum Gasteiger partial charge on any atom is 0.122 e. The molecule has 0 saturated heterocycles. The van der Waals surface area contributed by atoms with Crippen LogP contribution in [0.5, 0.6) is 11.5 Å². The fourth-order valence-electron chi connectivity index (χ4n) is 6.53. The van der Waals surface area contributed by atoms with E-state index in [1.165, 1.54) is 0 Å². The summed E-state index contributed by atoms with van der Waals surface area (Å²) in [7, 11) is 0. The Labute approximate surface area is 250 Å². The number of para-hydroxylation sites is 2. The lowest BCUT2D eigenvalue weighted by atomic mass is 9.89. The van der Waals surface area contributed by atoms with Crippen molar-refractivity contribution in [2.75, 3.05) is 0 Å². The van der Waals surface area contributed by atoms with Crippen molar-refractivity contribution in [1.82, 2.24) is 0 Å². The number of hydrogen-bond acceptors (Lipinski definition) is 6. The second-order valence-electron chi connectivity index (χ2n) is 11.9. The van der Waals surface area contributed by atoms with Gasteiger partial charge in [-0.05, 0) is 77.7 Å². The van der Waals surface area contributed by atoms with E-state index in [1.54, 1.807) is 12.1 Å². The Kier molecular flexibility index (Phi) is 9.51. The average Bonchev–Trinajstić information content (AvgIpc) is 2.97. The number of benzene rings is 2. The highest BCUT2D eigenvalue weighted by atomic mass is 16.3. The molecule has 1 aliphatic heterocycles. The topological polar surface area (TPSA) is 89.9 Å². The summed E-state index contributed by atoms with van der Waals surface area (Å²) < 4.78 is 0. The smallest absolute Gasteiger partial charge is 0.122 e. The first kappa shape index (κ1) is 29.7. The van der Waals surface area contributed by atoms with Gasteiger partial charge in [-0.15, -0.1) is 0 Å². The van der Waals surface area contributed by atoms with Crippen molar-refractivity contribution >= 4 is 35.0 Å². The molecule has 6 nitrogen and oxygen atoms in total. The van der Waals surface area contributed by atoms with E-state index in [0.717, 1.165) is 96.5 Å². The Morgan fingerprint density at radius 2 is 0.786 bits per heavy atom. The van der Waals surface area contributed by atoms with Gasteiger partial charge in [0.25, 0.3) is 0 Å². The number of phenolic OH excluding ortho intramolecular Hbond substituents is 2. The Hall–Kier alpha value is -3.80. The predicted molar refractivity (Wildman–Crippen MR) is 177 cm³/mol. The van der Waals surface area contributed by atoms with Crippen LogP contribution in [0.25, 0.3) is 12.2 Å². The second kappa shape index (κ2) is 13.5. The highest BCUT2D eigenvalue weighted by molar-refractivity contribution is 6.27. The molecule has 2 fully saturated rings. The number of aliphatic imine (C=N–C) groups is 4. The molecule has 2 N–H and O–H groups in total. The number of aromatic hydroxyl groups is 2. The van der Waals surface area contributed by atoms with Crippen LogP contribution in [0.2, 0.25) is 0 Å². The van der Waals surface area contributed by atoms with Crippen molar-refractivity contribution in [2.45, 2.75) is 103 Å². The Morgan fingerprint density at radius 1 is 0.500 bits per heavy atom. The summed E-state index contributed by atoms with van der Waals surface area (Å²) in [6.45, 7) is 8.29. The summed E-state index contributed by atoms with van der Waals surface area (Å²) in [5.74, 6) is 0.501. The van der Waals surface area contributed by atoms with Gasteiger partial charge in [0, 0.05) is 45.1 Å². The number of allylic oxidation sites excluding steroid dienone is 2. The fourth-order valence-corrected chi connectivity index (χ4v) is 6.53. The largest absolute Gasteiger partial charge is 0.507 e. The van der Waals surface area contributed by atoms with Crippen LogP contribution < -0.4 is 0 Å². The van der Waals surface area contributed by atoms with Crippen molar-refractivity contribution in [1.29, 1.82) is 0 Å². The molecule has 0 radical (unpaired) electrons. The molecule has 2 aromatic rings. The number of hydrogen-bond donors (Lipinski definition) is 2. The molecule has 2 aromatic carbocycles. The Balaban J connectivity index is 1.68. The monoisotopic (exact) mass is 564 g/mol. The Bertz CT molecular complexity index is 1310. The van der Waals surface area contributed by atoms with Crippen LogP contribution in [0.3, 0.4) is 0 Å². The lowest BCUT2D eigenvalue weighted by Crippen LogP contribution is -2.32.